The highest BCUT2D eigenvalue weighted by Crippen LogP contribution is 2.31. The molecule has 2 aromatic carbocycles. The van der Waals surface area contributed by atoms with E-state index in [1.165, 1.54) is 17.8 Å². The van der Waals surface area contributed by atoms with Gasteiger partial charge in [0.2, 0.25) is 11.7 Å². The normalized spacial score (nSPS) is 10.7. The van der Waals surface area contributed by atoms with Crippen LogP contribution in [0.15, 0.2) is 63.0 Å². The molecule has 0 aliphatic heterocycles. The fourth-order valence-electron chi connectivity index (χ4n) is 2.95. The van der Waals surface area contributed by atoms with Crippen LogP contribution in [0.5, 0.6) is 17.2 Å². The molecule has 0 atom stereocenters. The Labute approximate surface area is 187 Å². The number of nitrogens with one attached hydrogen (secondary N) is 1. The maximum absolute atomic E-state index is 12.1. The third-order valence-corrected chi connectivity index (χ3v) is 5.41. The van der Waals surface area contributed by atoms with Gasteiger partial charge in [0.15, 0.2) is 16.7 Å². The number of methoxy groups -OCH3 is 3. The van der Waals surface area contributed by atoms with E-state index in [2.05, 4.69) is 20.1 Å². The molecule has 0 fully saturated rings. The number of ether oxygens (including phenoxy) is 3. The van der Waals surface area contributed by atoms with Crippen molar-refractivity contribution in [1.82, 2.24) is 20.1 Å². The van der Waals surface area contributed by atoms with Crippen LogP contribution >= 0.6 is 11.8 Å². The van der Waals surface area contributed by atoms with Crippen LogP contribution in [-0.4, -0.2) is 41.4 Å². The Morgan fingerprint density at radius 1 is 0.906 bits per heavy atom. The molecule has 4 aromatic rings. The van der Waals surface area contributed by atoms with E-state index in [0.717, 1.165) is 16.9 Å². The molecular weight excluding hydrogens is 432 g/mol. The Morgan fingerprint density at radius 2 is 1.66 bits per heavy atom. The summed E-state index contributed by atoms with van der Waals surface area (Å²) in [6.45, 7) is 0. The Hall–Kier alpha value is -3.79. The molecular formula is C22H20N4O5S. The molecule has 4 rings (SSSR count). The van der Waals surface area contributed by atoms with Crippen LogP contribution in [0.25, 0.3) is 22.6 Å². The van der Waals surface area contributed by atoms with E-state index in [1.807, 2.05) is 30.3 Å². The summed E-state index contributed by atoms with van der Waals surface area (Å²) in [6.07, 6.45) is 0. The quantitative estimate of drug-likeness (QED) is 0.315. The first-order valence-electron chi connectivity index (χ1n) is 9.53. The zero-order chi connectivity index (χ0) is 22.5. The van der Waals surface area contributed by atoms with Gasteiger partial charge in [-0.1, -0.05) is 16.9 Å². The van der Waals surface area contributed by atoms with Gasteiger partial charge in [-0.15, -0.1) is 0 Å². The second-order valence-corrected chi connectivity index (χ2v) is 7.50. The molecule has 0 saturated heterocycles. The predicted molar refractivity (Wildman–Crippen MR) is 119 cm³/mol. The summed E-state index contributed by atoms with van der Waals surface area (Å²) in [5.74, 6) is 3.09. The summed E-state index contributed by atoms with van der Waals surface area (Å²) in [4.78, 5) is 23.8. The molecule has 164 valence electrons. The minimum Gasteiger partial charge on any atom is -0.497 e. The van der Waals surface area contributed by atoms with E-state index in [4.69, 9.17) is 18.7 Å². The second-order valence-electron chi connectivity index (χ2n) is 6.53. The Kier molecular flexibility index (Phi) is 6.41. The summed E-state index contributed by atoms with van der Waals surface area (Å²) in [5.41, 5.74) is 1.86. The molecule has 1 N–H and O–H groups in total. The van der Waals surface area contributed by atoms with Gasteiger partial charge in [-0.2, -0.15) is 4.98 Å². The molecule has 0 unspecified atom stereocenters. The molecule has 0 spiro atoms. The molecule has 32 heavy (non-hydrogen) atoms. The van der Waals surface area contributed by atoms with E-state index in [-0.39, 0.29) is 5.56 Å². The molecule has 0 bridgehead atoms. The Bertz CT molecular complexity index is 1270. The number of aromatic amines is 1. The van der Waals surface area contributed by atoms with Gasteiger partial charge in [-0.25, -0.2) is 4.98 Å². The van der Waals surface area contributed by atoms with Gasteiger partial charge >= 0.3 is 0 Å². The van der Waals surface area contributed by atoms with Gasteiger partial charge in [0.1, 0.15) is 5.75 Å². The highest BCUT2D eigenvalue weighted by atomic mass is 32.2. The first-order valence-corrected chi connectivity index (χ1v) is 10.5. The summed E-state index contributed by atoms with van der Waals surface area (Å²) in [6, 6.07) is 14.2. The zero-order valence-electron chi connectivity index (χ0n) is 17.6. The highest BCUT2D eigenvalue weighted by Gasteiger charge is 2.13. The summed E-state index contributed by atoms with van der Waals surface area (Å²) in [5, 5.41) is 4.48. The largest absolute Gasteiger partial charge is 0.497 e. The van der Waals surface area contributed by atoms with Crippen LogP contribution in [0.3, 0.4) is 0 Å². The fraction of sp³-hybridized carbons (Fsp3) is 0.182. The SMILES string of the molecule is COc1ccc(-c2cc(=O)[nH]c(SCc3nc(-c4ccc(OC)c(OC)c4)no3)n2)cc1. The standard InChI is InChI=1S/C22H20N4O5S/c1-28-15-7-4-13(5-8-15)16-11-19(27)24-22(23-16)32-12-20-25-21(26-31-20)14-6-9-17(29-2)18(10-14)30-3/h4-11H,12H2,1-3H3,(H,23,24,27). The average Bonchev–Trinajstić information content (AvgIpc) is 3.31. The van der Waals surface area contributed by atoms with E-state index in [1.54, 1.807) is 33.5 Å². The van der Waals surface area contributed by atoms with Crippen molar-refractivity contribution in [2.45, 2.75) is 10.9 Å². The van der Waals surface area contributed by atoms with Crippen molar-refractivity contribution in [2.75, 3.05) is 21.3 Å². The van der Waals surface area contributed by atoms with Gasteiger partial charge in [0.05, 0.1) is 32.8 Å². The Morgan fingerprint density at radius 3 is 2.38 bits per heavy atom. The zero-order valence-corrected chi connectivity index (χ0v) is 18.4. The molecule has 2 heterocycles. The van der Waals surface area contributed by atoms with Gasteiger partial charge in [0, 0.05) is 17.2 Å². The predicted octanol–water partition coefficient (Wildman–Crippen LogP) is 3.81. The lowest BCUT2D eigenvalue weighted by atomic mass is 10.1. The van der Waals surface area contributed by atoms with E-state index in [0.29, 0.717) is 39.8 Å². The summed E-state index contributed by atoms with van der Waals surface area (Å²) in [7, 11) is 4.74. The maximum atomic E-state index is 12.1. The topological polar surface area (TPSA) is 112 Å². The van der Waals surface area contributed by atoms with Crippen molar-refractivity contribution in [3.8, 4) is 39.9 Å². The first-order chi connectivity index (χ1) is 15.6. The summed E-state index contributed by atoms with van der Waals surface area (Å²) < 4.78 is 21.1. The Balaban J connectivity index is 1.49. The van der Waals surface area contributed by atoms with Crippen molar-refractivity contribution in [3.63, 3.8) is 0 Å². The van der Waals surface area contributed by atoms with Crippen molar-refractivity contribution in [2.24, 2.45) is 0 Å². The minimum absolute atomic E-state index is 0.245. The minimum atomic E-state index is -0.245. The molecule has 9 nitrogen and oxygen atoms in total. The number of nitrogens with zero attached hydrogens (tertiary/aromatic N) is 3. The van der Waals surface area contributed by atoms with Crippen molar-refractivity contribution in [3.05, 3.63) is 64.8 Å². The number of benzene rings is 2. The van der Waals surface area contributed by atoms with E-state index >= 15 is 0 Å². The number of rotatable bonds is 8. The van der Waals surface area contributed by atoms with Gasteiger partial charge in [-0.3, -0.25) is 4.79 Å². The third-order valence-electron chi connectivity index (χ3n) is 4.55. The smallest absolute Gasteiger partial charge is 0.252 e. The van der Waals surface area contributed by atoms with Crippen LogP contribution < -0.4 is 19.8 Å². The first kappa shape index (κ1) is 21.4. The molecule has 0 saturated carbocycles. The lowest BCUT2D eigenvalue weighted by Crippen LogP contribution is -2.08. The van der Waals surface area contributed by atoms with Crippen LogP contribution in [-0.2, 0) is 5.75 Å². The van der Waals surface area contributed by atoms with Crippen molar-refractivity contribution < 1.29 is 18.7 Å². The maximum Gasteiger partial charge on any atom is 0.252 e. The number of aromatic nitrogens is 4. The number of hydrogen-bond acceptors (Lipinski definition) is 9. The number of hydrogen-bond donors (Lipinski definition) is 1. The monoisotopic (exact) mass is 452 g/mol. The summed E-state index contributed by atoms with van der Waals surface area (Å²) >= 11 is 1.29. The fourth-order valence-corrected chi connectivity index (χ4v) is 3.66. The van der Waals surface area contributed by atoms with Crippen LogP contribution in [0.1, 0.15) is 5.89 Å². The third kappa shape index (κ3) is 4.75. The molecule has 0 amide bonds. The van der Waals surface area contributed by atoms with Gasteiger partial charge in [-0.05, 0) is 42.5 Å². The second kappa shape index (κ2) is 9.56. The average molecular weight is 452 g/mol. The number of thioether (sulfide) groups is 1. The molecule has 0 radical (unpaired) electrons. The number of H-pyrrole nitrogens is 1. The molecule has 0 aliphatic carbocycles. The highest BCUT2D eigenvalue weighted by molar-refractivity contribution is 7.98. The molecule has 10 heteroatoms. The van der Waals surface area contributed by atoms with Crippen LogP contribution in [0, 0.1) is 0 Å². The van der Waals surface area contributed by atoms with Crippen LogP contribution in [0.4, 0.5) is 0 Å². The van der Waals surface area contributed by atoms with E-state index in [9.17, 15) is 4.79 Å². The van der Waals surface area contributed by atoms with Gasteiger partial charge < -0.3 is 23.7 Å². The van der Waals surface area contributed by atoms with Gasteiger partial charge in [0.25, 0.3) is 5.56 Å². The molecule has 2 aromatic heterocycles. The van der Waals surface area contributed by atoms with Crippen molar-refractivity contribution in [1.29, 1.82) is 0 Å². The van der Waals surface area contributed by atoms with Crippen LogP contribution in [0.2, 0.25) is 0 Å². The lowest BCUT2D eigenvalue weighted by molar-refractivity contribution is 0.355. The molecule has 0 aliphatic rings. The van der Waals surface area contributed by atoms with E-state index < -0.39 is 0 Å². The lowest BCUT2D eigenvalue weighted by Gasteiger charge is -2.07. The van der Waals surface area contributed by atoms with Crippen molar-refractivity contribution >= 4 is 11.8 Å².